The number of ether oxygens (including phenoxy) is 1. The molecule has 2 rings (SSSR count). The summed E-state index contributed by atoms with van der Waals surface area (Å²) in [5.41, 5.74) is 6.98. The molecule has 98 valence electrons. The molecule has 0 heterocycles. The predicted molar refractivity (Wildman–Crippen MR) is 71.7 cm³/mol. The second kappa shape index (κ2) is 4.88. The van der Waals surface area contributed by atoms with Crippen LogP contribution in [0.25, 0.3) is 0 Å². The Morgan fingerprint density at radius 3 is 2.78 bits per heavy atom. The molecule has 4 heteroatoms. The van der Waals surface area contributed by atoms with Crippen LogP contribution in [0.15, 0.2) is 18.2 Å². The first kappa shape index (κ1) is 12.7. The molecule has 0 saturated heterocycles. The van der Waals surface area contributed by atoms with Crippen molar-refractivity contribution in [1.29, 1.82) is 0 Å². The summed E-state index contributed by atoms with van der Waals surface area (Å²) in [7, 11) is 1.54. The van der Waals surface area contributed by atoms with Crippen molar-refractivity contribution < 1.29 is 9.53 Å². The van der Waals surface area contributed by atoms with Gasteiger partial charge in [-0.05, 0) is 30.4 Å². The van der Waals surface area contributed by atoms with Gasteiger partial charge in [0.25, 0.3) is 5.91 Å². The number of benzene rings is 1. The number of anilines is 1. The third-order valence-electron chi connectivity index (χ3n) is 3.74. The van der Waals surface area contributed by atoms with Gasteiger partial charge in [-0.15, -0.1) is 0 Å². The maximum Gasteiger partial charge on any atom is 0.257 e. The zero-order chi connectivity index (χ0) is 13.2. The highest BCUT2D eigenvalue weighted by molar-refractivity contribution is 6.01. The summed E-state index contributed by atoms with van der Waals surface area (Å²) in [6, 6.07) is 5.23. The average molecular weight is 248 g/mol. The SMILES string of the molecule is COc1cccc(N)c1C(=O)NCC1(C)CCC1. The van der Waals surface area contributed by atoms with E-state index in [1.807, 2.05) is 0 Å². The number of hydrogen-bond acceptors (Lipinski definition) is 3. The van der Waals surface area contributed by atoms with Gasteiger partial charge in [-0.1, -0.05) is 19.4 Å². The van der Waals surface area contributed by atoms with Gasteiger partial charge in [0.05, 0.1) is 7.11 Å². The first-order chi connectivity index (χ1) is 8.56. The van der Waals surface area contributed by atoms with Gasteiger partial charge in [-0.3, -0.25) is 4.79 Å². The van der Waals surface area contributed by atoms with Crippen LogP contribution in [0.3, 0.4) is 0 Å². The zero-order valence-corrected chi connectivity index (χ0v) is 11.0. The van der Waals surface area contributed by atoms with Crippen molar-refractivity contribution >= 4 is 11.6 Å². The lowest BCUT2D eigenvalue weighted by molar-refractivity contribution is 0.0889. The minimum atomic E-state index is -0.155. The first-order valence-electron chi connectivity index (χ1n) is 6.26. The number of nitrogens with one attached hydrogen (secondary N) is 1. The van der Waals surface area contributed by atoms with E-state index in [0.29, 0.717) is 23.5 Å². The topological polar surface area (TPSA) is 64.3 Å². The minimum Gasteiger partial charge on any atom is -0.496 e. The molecule has 0 unspecified atom stereocenters. The van der Waals surface area contributed by atoms with Crippen LogP contribution in [0.1, 0.15) is 36.5 Å². The van der Waals surface area contributed by atoms with Crippen molar-refractivity contribution in [1.82, 2.24) is 5.32 Å². The maximum absolute atomic E-state index is 12.2. The summed E-state index contributed by atoms with van der Waals surface area (Å²) < 4.78 is 5.18. The molecule has 0 bridgehead atoms. The molecule has 3 N–H and O–H groups in total. The van der Waals surface area contributed by atoms with E-state index in [0.717, 1.165) is 0 Å². The largest absolute Gasteiger partial charge is 0.496 e. The molecule has 1 saturated carbocycles. The number of carbonyl (C=O) groups is 1. The summed E-state index contributed by atoms with van der Waals surface area (Å²) in [6.07, 6.45) is 3.60. The lowest BCUT2D eigenvalue weighted by Crippen LogP contribution is -2.40. The van der Waals surface area contributed by atoms with E-state index >= 15 is 0 Å². The number of nitrogens with two attached hydrogens (primary N) is 1. The molecular weight excluding hydrogens is 228 g/mol. The summed E-state index contributed by atoms with van der Waals surface area (Å²) in [5.74, 6) is 0.365. The molecule has 0 radical (unpaired) electrons. The van der Waals surface area contributed by atoms with Gasteiger partial charge in [0.15, 0.2) is 0 Å². The van der Waals surface area contributed by atoms with E-state index in [1.54, 1.807) is 25.3 Å². The van der Waals surface area contributed by atoms with Crippen molar-refractivity contribution in [2.75, 3.05) is 19.4 Å². The van der Waals surface area contributed by atoms with Crippen molar-refractivity contribution in [3.8, 4) is 5.75 Å². The molecule has 0 aromatic heterocycles. The zero-order valence-electron chi connectivity index (χ0n) is 11.0. The fourth-order valence-electron chi connectivity index (χ4n) is 2.30. The quantitative estimate of drug-likeness (QED) is 0.803. The van der Waals surface area contributed by atoms with Crippen LogP contribution in [0, 0.1) is 5.41 Å². The van der Waals surface area contributed by atoms with Crippen LogP contribution < -0.4 is 15.8 Å². The minimum absolute atomic E-state index is 0.155. The number of nitrogen functional groups attached to an aromatic ring is 1. The normalized spacial score (nSPS) is 16.8. The third-order valence-corrected chi connectivity index (χ3v) is 3.74. The summed E-state index contributed by atoms with van der Waals surface area (Å²) in [4.78, 5) is 12.2. The van der Waals surface area contributed by atoms with Gasteiger partial charge in [0.2, 0.25) is 0 Å². The van der Waals surface area contributed by atoms with Crippen LogP contribution in [0.5, 0.6) is 5.75 Å². The highest BCUT2D eigenvalue weighted by atomic mass is 16.5. The lowest BCUT2D eigenvalue weighted by Gasteiger charge is -2.38. The fourth-order valence-corrected chi connectivity index (χ4v) is 2.30. The van der Waals surface area contributed by atoms with E-state index in [9.17, 15) is 4.79 Å². The van der Waals surface area contributed by atoms with Crippen LogP contribution in [0.4, 0.5) is 5.69 Å². The van der Waals surface area contributed by atoms with Gasteiger partial charge in [0, 0.05) is 12.2 Å². The molecule has 1 aromatic rings. The standard InChI is InChI=1S/C14H20N2O2/c1-14(7-4-8-14)9-16-13(17)12-10(15)5-3-6-11(12)18-2/h3,5-6H,4,7-9,15H2,1-2H3,(H,16,17). The Hall–Kier alpha value is -1.71. The monoisotopic (exact) mass is 248 g/mol. The van der Waals surface area contributed by atoms with E-state index in [-0.39, 0.29) is 11.3 Å². The van der Waals surface area contributed by atoms with Crippen LogP contribution >= 0.6 is 0 Å². The summed E-state index contributed by atoms with van der Waals surface area (Å²) >= 11 is 0. The molecule has 18 heavy (non-hydrogen) atoms. The van der Waals surface area contributed by atoms with Gasteiger partial charge in [0.1, 0.15) is 11.3 Å². The average Bonchev–Trinajstić information content (AvgIpc) is 2.33. The summed E-state index contributed by atoms with van der Waals surface area (Å²) in [5, 5.41) is 2.96. The lowest BCUT2D eigenvalue weighted by atomic mass is 9.70. The predicted octanol–water partition coefficient (Wildman–Crippen LogP) is 2.20. The second-order valence-electron chi connectivity index (χ2n) is 5.27. The summed E-state index contributed by atoms with van der Waals surface area (Å²) in [6.45, 7) is 2.89. The van der Waals surface area contributed by atoms with Crippen LogP contribution in [-0.2, 0) is 0 Å². The molecule has 0 aliphatic heterocycles. The van der Waals surface area contributed by atoms with E-state index in [2.05, 4.69) is 12.2 Å². The van der Waals surface area contributed by atoms with E-state index in [4.69, 9.17) is 10.5 Å². The smallest absolute Gasteiger partial charge is 0.257 e. The Labute approximate surface area is 108 Å². The number of hydrogen-bond donors (Lipinski definition) is 2. The Balaban J connectivity index is 2.08. The molecule has 4 nitrogen and oxygen atoms in total. The second-order valence-corrected chi connectivity index (χ2v) is 5.27. The number of rotatable bonds is 4. The molecule has 1 amide bonds. The Morgan fingerprint density at radius 1 is 1.50 bits per heavy atom. The van der Waals surface area contributed by atoms with Crippen LogP contribution in [0.2, 0.25) is 0 Å². The maximum atomic E-state index is 12.2. The van der Waals surface area contributed by atoms with Gasteiger partial charge in [-0.25, -0.2) is 0 Å². The van der Waals surface area contributed by atoms with E-state index < -0.39 is 0 Å². The Morgan fingerprint density at radius 2 is 2.22 bits per heavy atom. The van der Waals surface area contributed by atoms with Crippen LogP contribution in [-0.4, -0.2) is 19.6 Å². The van der Waals surface area contributed by atoms with Crippen molar-refractivity contribution in [2.24, 2.45) is 5.41 Å². The first-order valence-corrected chi connectivity index (χ1v) is 6.26. The van der Waals surface area contributed by atoms with Crippen molar-refractivity contribution in [3.63, 3.8) is 0 Å². The molecule has 1 aromatic carbocycles. The molecular formula is C14H20N2O2. The molecule has 1 aliphatic rings. The Kier molecular flexibility index (Phi) is 3.45. The Bertz CT molecular complexity index is 453. The van der Waals surface area contributed by atoms with Crippen molar-refractivity contribution in [2.45, 2.75) is 26.2 Å². The highest BCUT2D eigenvalue weighted by Gasteiger charge is 2.32. The molecule has 1 fully saturated rings. The third kappa shape index (κ3) is 2.42. The molecule has 0 atom stereocenters. The van der Waals surface area contributed by atoms with E-state index in [1.165, 1.54) is 19.3 Å². The number of carbonyl (C=O) groups excluding carboxylic acids is 1. The van der Waals surface area contributed by atoms with Gasteiger partial charge < -0.3 is 15.8 Å². The molecule has 0 spiro atoms. The number of amides is 1. The highest BCUT2D eigenvalue weighted by Crippen LogP contribution is 2.39. The van der Waals surface area contributed by atoms with Gasteiger partial charge >= 0.3 is 0 Å². The molecule has 1 aliphatic carbocycles. The fraction of sp³-hybridized carbons (Fsp3) is 0.500. The number of methoxy groups -OCH3 is 1. The van der Waals surface area contributed by atoms with Gasteiger partial charge in [-0.2, -0.15) is 0 Å². The van der Waals surface area contributed by atoms with Crippen molar-refractivity contribution in [3.05, 3.63) is 23.8 Å².